The Morgan fingerprint density at radius 3 is 2.53 bits per heavy atom. The average molecular weight is 207 g/mol. The maximum absolute atomic E-state index is 9.68. The lowest BCUT2D eigenvalue weighted by Gasteiger charge is -2.25. The molecule has 0 aromatic heterocycles. The molecule has 1 aromatic rings. The zero-order valence-electron chi connectivity index (χ0n) is 10.1. The molecule has 0 bridgehead atoms. The molecule has 0 fully saturated rings. The van der Waals surface area contributed by atoms with Crippen molar-refractivity contribution in [2.45, 2.75) is 32.9 Å². The highest BCUT2D eigenvalue weighted by Crippen LogP contribution is 2.09. The number of nitrogens with zero attached hydrogens (tertiary/aromatic N) is 1. The maximum Gasteiger partial charge on any atom is 0.0718 e. The Kier molecular flexibility index (Phi) is 3.89. The van der Waals surface area contributed by atoms with Crippen molar-refractivity contribution in [1.29, 1.82) is 0 Å². The van der Waals surface area contributed by atoms with E-state index in [-0.39, 0.29) is 0 Å². The van der Waals surface area contributed by atoms with E-state index in [1.165, 1.54) is 11.1 Å². The van der Waals surface area contributed by atoms with Gasteiger partial charge in [-0.05, 0) is 33.4 Å². The van der Waals surface area contributed by atoms with Gasteiger partial charge in [0.25, 0.3) is 0 Å². The van der Waals surface area contributed by atoms with E-state index in [1.54, 1.807) is 0 Å². The minimum Gasteiger partial charge on any atom is -0.389 e. The second-order valence-corrected chi connectivity index (χ2v) is 4.97. The third kappa shape index (κ3) is 4.96. The molecular weight excluding hydrogens is 186 g/mol. The number of benzene rings is 1. The van der Waals surface area contributed by atoms with E-state index in [2.05, 4.69) is 36.1 Å². The van der Waals surface area contributed by atoms with Crippen molar-refractivity contribution in [3.05, 3.63) is 35.4 Å². The average Bonchev–Trinajstić information content (AvgIpc) is 1.99. The lowest BCUT2D eigenvalue weighted by atomic mass is 10.1. The topological polar surface area (TPSA) is 23.5 Å². The highest BCUT2D eigenvalue weighted by molar-refractivity contribution is 5.22. The lowest BCUT2D eigenvalue weighted by Crippen LogP contribution is -2.35. The number of hydrogen-bond acceptors (Lipinski definition) is 2. The number of hydrogen-bond donors (Lipinski definition) is 1. The van der Waals surface area contributed by atoms with Crippen LogP contribution in [0.2, 0.25) is 0 Å². The normalized spacial score (nSPS) is 12.1. The monoisotopic (exact) mass is 207 g/mol. The molecule has 0 amide bonds. The van der Waals surface area contributed by atoms with Crippen molar-refractivity contribution >= 4 is 0 Å². The van der Waals surface area contributed by atoms with Crippen molar-refractivity contribution in [1.82, 2.24) is 4.90 Å². The molecule has 0 heterocycles. The van der Waals surface area contributed by atoms with Crippen LogP contribution in [0.15, 0.2) is 24.3 Å². The largest absolute Gasteiger partial charge is 0.389 e. The summed E-state index contributed by atoms with van der Waals surface area (Å²) in [5.41, 5.74) is 1.95. The fourth-order valence-corrected chi connectivity index (χ4v) is 1.84. The van der Waals surface area contributed by atoms with Gasteiger partial charge in [0.2, 0.25) is 0 Å². The number of aliphatic hydroxyl groups is 1. The first-order chi connectivity index (χ1) is 6.87. The molecule has 0 saturated carbocycles. The summed E-state index contributed by atoms with van der Waals surface area (Å²) in [5, 5.41) is 9.68. The van der Waals surface area contributed by atoms with Gasteiger partial charge in [0, 0.05) is 13.1 Å². The van der Waals surface area contributed by atoms with Gasteiger partial charge < -0.3 is 5.11 Å². The summed E-state index contributed by atoms with van der Waals surface area (Å²) in [6, 6.07) is 8.47. The van der Waals surface area contributed by atoms with E-state index in [0.717, 1.165) is 6.54 Å². The maximum atomic E-state index is 9.68. The number of likely N-dealkylation sites (N-methyl/N-ethyl adjacent to an activating group) is 1. The zero-order chi connectivity index (χ0) is 11.5. The highest BCUT2D eigenvalue weighted by atomic mass is 16.3. The highest BCUT2D eigenvalue weighted by Gasteiger charge is 2.15. The van der Waals surface area contributed by atoms with Crippen LogP contribution in [-0.4, -0.2) is 29.2 Å². The molecule has 0 atom stereocenters. The molecule has 0 spiro atoms. The SMILES string of the molecule is Cc1cccc(CN(C)CC(C)(C)O)c1. The minimum absolute atomic E-state index is 0.626. The molecular formula is C13H21NO. The van der Waals surface area contributed by atoms with Crippen LogP contribution >= 0.6 is 0 Å². The molecule has 1 rings (SSSR count). The molecule has 2 nitrogen and oxygen atoms in total. The predicted molar refractivity (Wildman–Crippen MR) is 63.8 cm³/mol. The molecule has 1 aromatic carbocycles. The molecule has 1 N–H and O–H groups in total. The van der Waals surface area contributed by atoms with Gasteiger partial charge in [0.15, 0.2) is 0 Å². The van der Waals surface area contributed by atoms with Crippen LogP contribution in [0.3, 0.4) is 0 Å². The first-order valence-electron chi connectivity index (χ1n) is 5.33. The first kappa shape index (κ1) is 12.2. The van der Waals surface area contributed by atoms with E-state index in [1.807, 2.05) is 20.9 Å². The van der Waals surface area contributed by atoms with E-state index in [9.17, 15) is 5.11 Å². The van der Waals surface area contributed by atoms with E-state index in [0.29, 0.717) is 6.54 Å². The van der Waals surface area contributed by atoms with Gasteiger partial charge in [0.05, 0.1) is 5.60 Å². The summed E-state index contributed by atoms with van der Waals surface area (Å²) >= 11 is 0. The summed E-state index contributed by atoms with van der Waals surface area (Å²) < 4.78 is 0. The van der Waals surface area contributed by atoms with E-state index < -0.39 is 5.60 Å². The van der Waals surface area contributed by atoms with Gasteiger partial charge in [-0.25, -0.2) is 0 Å². The van der Waals surface area contributed by atoms with Crippen molar-refractivity contribution in [2.24, 2.45) is 0 Å². The van der Waals surface area contributed by atoms with Gasteiger partial charge in [-0.3, -0.25) is 4.90 Å². The van der Waals surface area contributed by atoms with Gasteiger partial charge in [-0.15, -0.1) is 0 Å². The summed E-state index contributed by atoms with van der Waals surface area (Å²) in [4.78, 5) is 2.13. The third-order valence-corrected chi connectivity index (χ3v) is 2.19. The standard InChI is InChI=1S/C13H21NO/c1-11-6-5-7-12(8-11)9-14(4)10-13(2,3)15/h5-8,15H,9-10H2,1-4H3. The molecule has 0 aliphatic carbocycles. The fourth-order valence-electron chi connectivity index (χ4n) is 1.84. The Bertz CT molecular complexity index is 315. The number of rotatable bonds is 4. The summed E-state index contributed by atoms with van der Waals surface area (Å²) in [6.07, 6.45) is 0. The van der Waals surface area contributed by atoms with E-state index in [4.69, 9.17) is 0 Å². The Balaban J connectivity index is 2.55. The Morgan fingerprint density at radius 1 is 1.33 bits per heavy atom. The number of aryl methyl sites for hydroxylation is 1. The molecule has 0 unspecified atom stereocenters. The molecule has 84 valence electrons. The lowest BCUT2D eigenvalue weighted by molar-refractivity contribution is 0.0425. The van der Waals surface area contributed by atoms with Crippen LogP contribution in [0.1, 0.15) is 25.0 Å². The molecule has 2 heteroatoms. The van der Waals surface area contributed by atoms with Gasteiger partial charge in [0.1, 0.15) is 0 Å². The van der Waals surface area contributed by atoms with Crippen molar-refractivity contribution < 1.29 is 5.11 Å². The Morgan fingerprint density at radius 2 is 2.00 bits per heavy atom. The van der Waals surface area contributed by atoms with Gasteiger partial charge in [-0.1, -0.05) is 29.8 Å². The van der Waals surface area contributed by atoms with E-state index >= 15 is 0 Å². The molecule has 0 aliphatic heterocycles. The van der Waals surface area contributed by atoms with Gasteiger partial charge in [-0.2, -0.15) is 0 Å². The predicted octanol–water partition coefficient (Wildman–Crippen LogP) is 2.20. The molecule has 0 saturated heterocycles. The summed E-state index contributed by atoms with van der Waals surface area (Å²) in [7, 11) is 2.03. The van der Waals surface area contributed by atoms with Crippen molar-refractivity contribution in [3.8, 4) is 0 Å². The summed E-state index contributed by atoms with van der Waals surface area (Å²) in [6.45, 7) is 7.32. The minimum atomic E-state index is -0.626. The molecule has 15 heavy (non-hydrogen) atoms. The Labute approximate surface area is 92.5 Å². The molecule has 0 aliphatic rings. The van der Waals surface area contributed by atoms with Crippen LogP contribution in [0.25, 0.3) is 0 Å². The first-order valence-corrected chi connectivity index (χ1v) is 5.33. The molecule has 0 radical (unpaired) electrons. The van der Waals surface area contributed by atoms with Crippen LogP contribution < -0.4 is 0 Å². The zero-order valence-corrected chi connectivity index (χ0v) is 10.1. The third-order valence-electron chi connectivity index (χ3n) is 2.19. The van der Waals surface area contributed by atoms with Crippen LogP contribution in [-0.2, 0) is 6.54 Å². The van der Waals surface area contributed by atoms with Crippen molar-refractivity contribution in [3.63, 3.8) is 0 Å². The Hall–Kier alpha value is -0.860. The van der Waals surface area contributed by atoms with Gasteiger partial charge >= 0.3 is 0 Å². The van der Waals surface area contributed by atoms with Crippen LogP contribution in [0.5, 0.6) is 0 Å². The second kappa shape index (κ2) is 4.77. The quantitative estimate of drug-likeness (QED) is 0.818. The fraction of sp³-hybridized carbons (Fsp3) is 0.538. The smallest absolute Gasteiger partial charge is 0.0718 e. The van der Waals surface area contributed by atoms with Crippen LogP contribution in [0.4, 0.5) is 0 Å². The van der Waals surface area contributed by atoms with Crippen molar-refractivity contribution in [2.75, 3.05) is 13.6 Å². The van der Waals surface area contributed by atoms with Crippen LogP contribution in [0, 0.1) is 6.92 Å². The summed E-state index contributed by atoms with van der Waals surface area (Å²) in [5.74, 6) is 0. The second-order valence-electron chi connectivity index (χ2n) is 4.97.